The first-order valence-corrected chi connectivity index (χ1v) is 8.80. The van der Waals surface area contributed by atoms with Crippen LogP contribution in [0, 0.1) is 13.8 Å². The van der Waals surface area contributed by atoms with Gasteiger partial charge in [-0.25, -0.2) is 4.52 Å². The third kappa shape index (κ3) is 3.90. The van der Waals surface area contributed by atoms with Crippen molar-refractivity contribution >= 4 is 11.6 Å². The van der Waals surface area contributed by atoms with Crippen LogP contribution in [0.15, 0.2) is 6.33 Å². The molecule has 0 bridgehead atoms. The smallest absolute Gasteiger partial charge is 0.220 e. The van der Waals surface area contributed by atoms with Crippen LogP contribution >= 0.6 is 0 Å². The van der Waals surface area contributed by atoms with Gasteiger partial charge in [0, 0.05) is 18.5 Å². The molecule has 7 heteroatoms. The molecule has 3 rings (SSSR count). The Balaban J connectivity index is 1.45. The second-order valence-electron chi connectivity index (χ2n) is 6.54. The van der Waals surface area contributed by atoms with Crippen LogP contribution in [-0.4, -0.2) is 56.8 Å². The third-order valence-electron chi connectivity index (χ3n) is 4.79. The van der Waals surface area contributed by atoms with Crippen LogP contribution in [0.2, 0.25) is 0 Å². The summed E-state index contributed by atoms with van der Waals surface area (Å²) in [4.78, 5) is 14.5. The summed E-state index contributed by atoms with van der Waals surface area (Å²) >= 11 is 0. The number of amides is 1. The highest BCUT2D eigenvalue weighted by molar-refractivity contribution is 5.76. The van der Waals surface area contributed by atoms with Gasteiger partial charge in [-0.2, -0.15) is 5.10 Å². The number of nitrogens with one attached hydrogen (secondary N) is 1. The summed E-state index contributed by atoms with van der Waals surface area (Å²) in [6, 6.07) is 0. The van der Waals surface area contributed by atoms with Gasteiger partial charge in [-0.1, -0.05) is 0 Å². The van der Waals surface area contributed by atoms with Gasteiger partial charge in [0.25, 0.3) is 0 Å². The molecule has 0 unspecified atom stereocenters. The Bertz CT molecular complexity index is 704. The number of likely N-dealkylation sites (tertiary alicyclic amines) is 1. The number of aryl methyl sites for hydroxylation is 2. The number of carbonyl (C=O) groups excluding carboxylic acids is 1. The molecule has 0 atom stereocenters. The summed E-state index contributed by atoms with van der Waals surface area (Å²) in [5.74, 6) is 0.108. The van der Waals surface area contributed by atoms with Crippen molar-refractivity contribution < 1.29 is 4.79 Å². The molecule has 0 aliphatic carbocycles. The van der Waals surface area contributed by atoms with Crippen LogP contribution in [-0.2, 0) is 11.2 Å². The molecule has 3 heterocycles. The number of nitrogens with zero attached hydrogens (tertiary/aromatic N) is 5. The summed E-state index contributed by atoms with van der Waals surface area (Å²) in [7, 11) is 0. The normalized spacial score (nSPS) is 15.2. The van der Waals surface area contributed by atoms with E-state index < -0.39 is 0 Å². The highest BCUT2D eigenvalue weighted by atomic mass is 16.1. The lowest BCUT2D eigenvalue weighted by Crippen LogP contribution is -2.28. The van der Waals surface area contributed by atoms with Crippen molar-refractivity contribution in [2.45, 2.75) is 46.0 Å². The molecule has 2 aromatic heterocycles. The van der Waals surface area contributed by atoms with Crippen molar-refractivity contribution in [2.75, 3.05) is 26.2 Å². The van der Waals surface area contributed by atoms with E-state index in [0.29, 0.717) is 12.8 Å². The second-order valence-corrected chi connectivity index (χ2v) is 6.54. The highest BCUT2D eigenvalue weighted by Gasteiger charge is 2.13. The van der Waals surface area contributed by atoms with Crippen molar-refractivity contribution in [1.82, 2.24) is 30.0 Å². The molecule has 0 saturated carbocycles. The molecule has 1 fully saturated rings. The van der Waals surface area contributed by atoms with Crippen molar-refractivity contribution in [3.05, 3.63) is 23.1 Å². The largest absolute Gasteiger partial charge is 0.356 e. The average Bonchev–Trinajstić information content (AvgIpc) is 3.22. The van der Waals surface area contributed by atoms with Crippen LogP contribution in [0.25, 0.3) is 5.65 Å². The standard InChI is InChI=1S/C17H26N6O/c1-13-15(14(2)21-23-12-19-20-17(13)23)6-7-16(24)18-8-5-11-22-9-3-4-10-22/h12H,3-11H2,1-2H3,(H,18,24). The first-order chi connectivity index (χ1) is 11.6. The van der Waals surface area contributed by atoms with Gasteiger partial charge in [-0.15, -0.1) is 10.2 Å². The molecule has 1 saturated heterocycles. The zero-order chi connectivity index (χ0) is 16.9. The number of carbonyl (C=O) groups is 1. The number of fused-ring (bicyclic) bond motifs is 1. The lowest BCUT2D eigenvalue weighted by molar-refractivity contribution is -0.121. The molecular weight excluding hydrogens is 304 g/mol. The molecular formula is C17H26N6O. The Hall–Kier alpha value is -2.02. The van der Waals surface area contributed by atoms with Crippen LogP contribution in [0.5, 0.6) is 0 Å². The fourth-order valence-electron chi connectivity index (χ4n) is 3.41. The second kappa shape index (κ2) is 7.70. The minimum atomic E-state index is 0.108. The van der Waals surface area contributed by atoms with Crippen LogP contribution in [0.1, 0.15) is 42.5 Å². The first-order valence-electron chi connectivity index (χ1n) is 8.80. The van der Waals surface area contributed by atoms with Crippen molar-refractivity contribution in [3.63, 3.8) is 0 Å². The van der Waals surface area contributed by atoms with Crippen LogP contribution in [0.4, 0.5) is 0 Å². The molecule has 130 valence electrons. The Labute approximate surface area is 142 Å². The SMILES string of the molecule is Cc1nn2cnnc2c(C)c1CCC(=O)NCCCN1CCCC1. The van der Waals surface area contributed by atoms with E-state index in [1.807, 2.05) is 13.8 Å². The van der Waals surface area contributed by atoms with E-state index in [0.717, 1.165) is 42.0 Å². The molecule has 1 amide bonds. The Morgan fingerprint density at radius 2 is 2.08 bits per heavy atom. The van der Waals surface area contributed by atoms with Crippen molar-refractivity contribution in [2.24, 2.45) is 0 Å². The minimum Gasteiger partial charge on any atom is -0.356 e. The monoisotopic (exact) mass is 330 g/mol. The predicted molar refractivity (Wildman–Crippen MR) is 91.9 cm³/mol. The third-order valence-corrected chi connectivity index (χ3v) is 4.79. The maximum absolute atomic E-state index is 12.1. The zero-order valence-corrected chi connectivity index (χ0v) is 14.6. The lowest BCUT2D eigenvalue weighted by Gasteiger charge is -2.14. The summed E-state index contributed by atoms with van der Waals surface area (Å²) < 4.78 is 1.69. The van der Waals surface area contributed by atoms with Gasteiger partial charge in [-0.05, 0) is 64.7 Å². The molecule has 2 aromatic rings. The van der Waals surface area contributed by atoms with Gasteiger partial charge in [0.2, 0.25) is 5.91 Å². The molecule has 7 nitrogen and oxygen atoms in total. The summed E-state index contributed by atoms with van der Waals surface area (Å²) in [6.07, 6.45) is 6.43. The van der Waals surface area contributed by atoms with Crippen molar-refractivity contribution in [3.8, 4) is 0 Å². The van der Waals surface area contributed by atoms with E-state index in [4.69, 9.17) is 0 Å². The average molecular weight is 330 g/mol. The van der Waals surface area contributed by atoms with E-state index in [9.17, 15) is 4.79 Å². The summed E-state index contributed by atoms with van der Waals surface area (Å²) in [5.41, 5.74) is 3.85. The predicted octanol–water partition coefficient (Wildman–Crippen LogP) is 1.28. The van der Waals surface area contributed by atoms with Gasteiger partial charge in [0.05, 0.1) is 5.69 Å². The van der Waals surface area contributed by atoms with E-state index in [1.54, 1.807) is 10.8 Å². The van der Waals surface area contributed by atoms with Crippen molar-refractivity contribution in [1.29, 1.82) is 0 Å². The van der Waals surface area contributed by atoms with Gasteiger partial charge >= 0.3 is 0 Å². The minimum absolute atomic E-state index is 0.108. The molecule has 1 N–H and O–H groups in total. The van der Waals surface area contributed by atoms with Crippen LogP contribution < -0.4 is 5.32 Å². The molecule has 0 aromatic carbocycles. The van der Waals surface area contributed by atoms with E-state index in [2.05, 4.69) is 25.5 Å². The quantitative estimate of drug-likeness (QED) is 0.774. The Kier molecular flexibility index (Phi) is 5.40. The summed E-state index contributed by atoms with van der Waals surface area (Å²) in [6.45, 7) is 8.26. The first kappa shape index (κ1) is 16.8. The molecule has 1 aliphatic rings. The lowest BCUT2D eigenvalue weighted by atomic mass is 10.0. The topological polar surface area (TPSA) is 75.4 Å². The number of aromatic nitrogens is 4. The van der Waals surface area contributed by atoms with Gasteiger partial charge in [0.15, 0.2) is 5.65 Å². The van der Waals surface area contributed by atoms with Gasteiger partial charge in [-0.3, -0.25) is 4.79 Å². The van der Waals surface area contributed by atoms with E-state index >= 15 is 0 Å². The Morgan fingerprint density at radius 3 is 2.88 bits per heavy atom. The maximum atomic E-state index is 12.1. The number of hydrogen-bond acceptors (Lipinski definition) is 5. The Morgan fingerprint density at radius 1 is 1.29 bits per heavy atom. The maximum Gasteiger partial charge on any atom is 0.220 e. The van der Waals surface area contributed by atoms with Gasteiger partial charge < -0.3 is 10.2 Å². The molecule has 0 radical (unpaired) electrons. The zero-order valence-electron chi connectivity index (χ0n) is 14.6. The molecule has 24 heavy (non-hydrogen) atoms. The fourth-order valence-corrected chi connectivity index (χ4v) is 3.41. The van der Waals surface area contributed by atoms with Crippen LogP contribution in [0.3, 0.4) is 0 Å². The molecule has 0 spiro atoms. The van der Waals surface area contributed by atoms with Gasteiger partial charge in [0.1, 0.15) is 6.33 Å². The summed E-state index contributed by atoms with van der Waals surface area (Å²) in [5, 5.41) is 15.5. The number of rotatable bonds is 7. The molecule has 1 aliphatic heterocycles. The van der Waals surface area contributed by atoms with E-state index in [-0.39, 0.29) is 5.91 Å². The fraction of sp³-hybridized carbons (Fsp3) is 0.647. The van der Waals surface area contributed by atoms with E-state index in [1.165, 1.54) is 25.9 Å². The number of hydrogen-bond donors (Lipinski definition) is 1. The highest BCUT2D eigenvalue weighted by Crippen LogP contribution is 2.17.